The van der Waals surface area contributed by atoms with Crippen LogP contribution in [0.15, 0.2) is 36.5 Å². The van der Waals surface area contributed by atoms with Crippen molar-refractivity contribution in [2.45, 2.75) is 6.92 Å². The lowest BCUT2D eigenvalue weighted by Gasteiger charge is -2.09. The van der Waals surface area contributed by atoms with Crippen molar-refractivity contribution < 1.29 is 4.74 Å². The van der Waals surface area contributed by atoms with Gasteiger partial charge in [0.15, 0.2) is 0 Å². The van der Waals surface area contributed by atoms with Crippen LogP contribution < -0.4 is 10.1 Å². The zero-order valence-corrected chi connectivity index (χ0v) is 10.3. The minimum atomic E-state index is 0.560. The number of hydrogen-bond acceptors (Lipinski definition) is 4. The molecule has 0 fully saturated rings. The van der Waals surface area contributed by atoms with E-state index in [-0.39, 0.29) is 0 Å². The Bertz CT molecular complexity index is 585. The van der Waals surface area contributed by atoms with Gasteiger partial charge in [0.2, 0.25) is 5.88 Å². The molecule has 0 radical (unpaired) electrons. The molecule has 0 bridgehead atoms. The van der Waals surface area contributed by atoms with E-state index < -0.39 is 0 Å². The van der Waals surface area contributed by atoms with Gasteiger partial charge in [-0.15, -0.1) is 0 Å². The topological polar surface area (TPSA) is 57.9 Å². The number of methoxy groups -OCH3 is 1. The minimum Gasteiger partial charge on any atom is -0.481 e. The van der Waals surface area contributed by atoms with Crippen molar-refractivity contribution in [1.29, 1.82) is 5.26 Å². The zero-order valence-electron chi connectivity index (χ0n) is 10.3. The Kier molecular flexibility index (Phi) is 3.44. The lowest BCUT2D eigenvalue weighted by Crippen LogP contribution is -1.95. The minimum absolute atomic E-state index is 0.560. The molecule has 0 aliphatic heterocycles. The van der Waals surface area contributed by atoms with Gasteiger partial charge < -0.3 is 10.1 Å². The molecule has 0 saturated carbocycles. The van der Waals surface area contributed by atoms with Gasteiger partial charge in [-0.1, -0.05) is 6.07 Å². The average molecular weight is 239 g/mol. The summed E-state index contributed by atoms with van der Waals surface area (Å²) in [5.41, 5.74) is 3.30. The van der Waals surface area contributed by atoms with Crippen LogP contribution in [-0.4, -0.2) is 12.1 Å². The Labute approximate surface area is 106 Å². The van der Waals surface area contributed by atoms with E-state index in [0.717, 1.165) is 16.9 Å². The summed E-state index contributed by atoms with van der Waals surface area (Å²) < 4.78 is 4.99. The van der Waals surface area contributed by atoms with E-state index in [2.05, 4.69) is 16.4 Å². The van der Waals surface area contributed by atoms with E-state index in [1.807, 2.05) is 25.1 Å². The van der Waals surface area contributed by atoms with Crippen molar-refractivity contribution in [3.8, 4) is 11.9 Å². The van der Waals surface area contributed by atoms with Gasteiger partial charge in [0.1, 0.15) is 6.07 Å². The molecule has 2 aromatic rings. The number of nitrogens with zero attached hydrogens (tertiary/aromatic N) is 2. The molecule has 1 aromatic carbocycles. The summed E-state index contributed by atoms with van der Waals surface area (Å²) in [6.07, 6.45) is 1.67. The summed E-state index contributed by atoms with van der Waals surface area (Å²) in [6, 6.07) is 11.4. The van der Waals surface area contributed by atoms with Crippen LogP contribution in [0.2, 0.25) is 0 Å². The predicted octanol–water partition coefficient (Wildman–Crippen LogP) is 3.01. The number of aryl methyl sites for hydroxylation is 1. The maximum absolute atomic E-state index is 9.04. The number of benzene rings is 1. The molecule has 1 heterocycles. The summed E-state index contributed by atoms with van der Waals surface area (Å²) in [4.78, 5) is 4.10. The van der Waals surface area contributed by atoms with Crippen LogP contribution in [-0.2, 0) is 0 Å². The van der Waals surface area contributed by atoms with Crippen molar-refractivity contribution in [3.63, 3.8) is 0 Å². The molecule has 0 spiro atoms. The summed E-state index contributed by atoms with van der Waals surface area (Å²) in [6.45, 7) is 1.98. The number of ether oxygens (including phenoxy) is 1. The number of rotatable bonds is 3. The molecule has 0 amide bonds. The molecule has 0 unspecified atom stereocenters. The van der Waals surface area contributed by atoms with Crippen LogP contribution in [0.25, 0.3) is 0 Å². The predicted molar refractivity (Wildman–Crippen MR) is 70.0 cm³/mol. The Morgan fingerprint density at radius 3 is 2.72 bits per heavy atom. The van der Waals surface area contributed by atoms with Gasteiger partial charge in [0.05, 0.1) is 30.2 Å². The Morgan fingerprint density at radius 2 is 2.11 bits per heavy atom. The van der Waals surface area contributed by atoms with Crippen molar-refractivity contribution in [2.24, 2.45) is 0 Å². The van der Waals surface area contributed by atoms with Gasteiger partial charge in [-0.3, -0.25) is 0 Å². The van der Waals surface area contributed by atoms with E-state index in [1.165, 1.54) is 0 Å². The second-order valence-corrected chi connectivity index (χ2v) is 3.88. The van der Waals surface area contributed by atoms with Crippen molar-refractivity contribution in [3.05, 3.63) is 47.7 Å². The largest absolute Gasteiger partial charge is 0.481 e. The van der Waals surface area contributed by atoms with Crippen molar-refractivity contribution in [2.75, 3.05) is 12.4 Å². The van der Waals surface area contributed by atoms with Crippen LogP contribution in [0.1, 0.15) is 11.1 Å². The molecule has 18 heavy (non-hydrogen) atoms. The zero-order chi connectivity index (χ0) is 13.0. The summed E-state index contributed by atoms with van der Waals surface area (Å²) in [5, 5.41) is 12.2. The Balaban J connectivity index is 2.27. The summed E-state index contributed by atoms with van der Waals surface area (Å²) in [7, 11) is 1.57. The highest BCUT2D eigenvalue weighted by Gasteiger charge is 2.03. The highest BCUT2D eigenvalue weighted by molar-refractivity contribution is 5.66. The monoisotopic (exact) mass is 239 g/mol. The van der Waals surface area contributed by atoms with E-state index >= 15 is 0 Å². The molecule has 1 aromatic heterocycles. The number of nitriles is 1. The average Bonchev–Trinajstić information content (AvgIpc) is 2.40. The Morgan fingerprint density at radius 1 is 1.28 bits per heavy atom. The van der Waals surface area contributed by atoms with Crippen LogP contribution in [0.5, 0.6) is 5.88 Å². The van der Waals surface area contributed by atoms with Crippen LogP contribution in [0.4, 0.5) is 11.4 Å². The number of pyridine rings is 1. The maximum atomic E-state index is 9.04. The summed E-state index contributed by atoms with van der Waals surface area (Å²) >= 11 is 0. The SMILES string of the molecule is COc1ccc(Nc2cc(C)ccc2C#N)cn1. The highest BCUT2D eigenvalue weighted by atomic mass is 16.5. The third-order valence-corrected chi connectivity index (χ3v) is 2.52. The molecule has 0 saturated heterocycles. The van der Waals surface area contributed by atoms with Gasteiger partial charge >= 0.3 is 0 Å². The lowest BCUT2D eigenvalue weighted by atomic mass is 10.1. The number of nitrogens with one attached hydrogen (secondary N) is 1. The van der Waals surface area contributed by atoms with Crippen molar-refractivity contribution in [1.82, 2.24) is 4.98 Å². The molecule has 2 rings (SSSR count). The second kappa shape index (κ2) is 5.19. The molecule has 90 valence electrons. The fourth-order valence-electron chi connectivity index (χ4n) is 1.59. The molecule has 0 atom stereocenters. The molecule has 0 aliphatic carbocycles. The molecule has 0 aliphatic rings. The first-order chi connectivity index (χ1) is 8.72. The van der Waals surface area contributed by atoms with Crippen molar-refractivity contribution >= 4 is 11.4 Å². The smallest absolute Gasteiger partial charge is 0.213 e. The number of anilines is 2. The summed E-state index contributed by atoms with van der Waals surface area (Å²) in [5.74, 6) is 0.560. The first-order valence-corrected chi connectivity index (χ1v) is 5.51. The third-order valence-electron chi connectivity index (χ3n) is 2.52. The molecular formula is C14H13N3O. The standard InChI is InChI=1S/C14H13N3O/c1-10-3-4-11(8-15)13(7-10)17-12-5-6-14(18-2)16-9-12/h3-7,9,17H,1-2H3. The van der Waals surface area contributed by atoms with E-state index in [0.29, 0.717) is 11.4 Å². The number of hydrogen-bond donors (Lipinski definition) is 1. The molecular weight excluding hydrogens is 226 g/mol. The molecule has 4 nitrogen and oxygen atoms in total. The highest BCUT2D eigenvalue weighted by Crippen LogP contribution is 2.22. The number of aromatic nitrogens is 1. The van der Waals surface area contributed by atoms with Gasteiger partial charge in [0, 0.05) is 6.07 Å². The van der Waals surface area contributed by atoms with Crippen LogP contribution in [0.3, 0.4) is 0 Å². The molecule has 4 heteroatoms. The van der Waals surface area contributed by atoms with E-state index in [9.17, 15) is 0 Å². The van der Waals surface area contributed by atoms with Gasteiger partial charge in [0.25, 0.3) is 0 Å². The normalized spacial score (nSPS) is 9.61. The first kappa shape index (κ1) is 11.9. The lowest BCUT2D eigenvalue weighted by molar-refractivity contribution is 0.398. The van der Waals surface area contributed by atoms with Crippen LogP contribution >= 0.6 is 0 Å². The first-order valence-electron chi connectivity index (χ1n) is 5.51. The van der Waals surface area contributed by atoms with Gasteiger partial charge in [-0.25, -0.2) is 4.98 Å². The fraction of sp³-hybridized carbons (Fsp3) is 0.143. The Hall–Kier alpha value is -2.54. The maximum Gasteiger partial charge on any atom is 0.213 e. The van der Waals surface area contributed by atoms with E-state index in [1.54, 1.807) is 25.4 Å². The molecule has 1 N–H and O–H groups in total. The fourth-order valence-corrected chi connectivity index (χ4v) is 1.59. The quantitative estimate of drug-likeness (QED) is 0.894. The third kappa shape index (κ3) is 2.58. The van der Waals surface area contributed by atoms with Crippen LogP contribution in [0, 0.1) is 18.3 Å². The van der Waals surface area contributed by atoms with Gasteiger partial charge in [-0.2, -0.15) is 5.26 Å². The van der Waals surface area contributed by atoms with E-state index in [4.69, 9.17) is 10.00 Å². The van der Waals surface area contributed by atoms with Gasteiger partial charge in [-0.05, 0) is 30.7 Å². The second-order valence-electron chi connectivity index (χ2n) is 3.88.